The largest absolute Gasteiger partial charge is 0.338 e. The molecule has 0 aliphatic carbocycles. The van der Waals surface area contributed by atoms with Gasteiger partial charge in [0.05, 0.1) is 5.69 Å². The zero-order chi connectivity index (χ0) is 20.2. The van der Waals surface area contributed by atoms with Crippen LogP contribution in [-0.2, 0) is 4.79 Å². The number of aromatic nitrogens is 2. The molecule has 29 heavy (non-hydrogen) atoms. The van der Waals surface area contributed by atoms with Gasteiger partial charge in [-0.15, -0.1) is 0 Å². The fourth-order valence-corrected chi connectivity index (χ4v) is 3.61. The molecule has 1 fully saturated rings. The van der Waals surface area contributed by atoms with E-state index in [1.54, 1.807) is 15.7 Å². The minimum absolute atomic E-state index is 0.147. The van der Waals surface area contributed by atoms with Gasteiger partial charge < -0.3 is 4.90 Å². The Morgan fingerprint density at radius 3 is 2.55 bits per heavy atom. The highest BCUT2D eigenvalue weighted by Crippen LogP contribution is 2.27. The lowest BCUT2D eigenvalue weighted by Crippen LogP contribution is -2.28. The van der Waals surface area contributed by atoms with Crippen molar-refractivity contribution in [3.05, 3.63) is 77.5 Å². The minimum atomic E-state index is -0.201. The first-order valence-corrected chi connectivity index (χ1v) is 9.79. The van der Waals surface area contributed by atoms with Crippen molar-refractivity contribution in [3.8, 4) is 23.0 Å². The second-order valence-corrected chi connectivity index (χ2v) is 7.25. The molecule has 0 spiro atoms. The summed E-state index contributed by atoms with van der Waals surface area (Å²) < 4.78 is 1.79. The molecule has 0 bridgehead atoms. The number of rotatable bonds is 4. The minimum Gasteiger partial charge on any atom is -0.338 e. The SMILES string of the molecule is Cc1cccc(-c2nn(-c3ccccc3)cc2/C=C(\C#N)C(=O)N2CCCC2)c1. The first-order valence-electron chi connectivity index (χ1n) is 9.79. The van der Waals surface area contributed by atoms with Crippen molar-refractivity contribution in [2.75, 3.05) is 13.1 Å². The molecule has 3 aromatic rings. The number of carbonyl (C=O) groups excluding carboxylic acids is 1. The number of hydrogen-bond acceptors (Lipinski definition) is 3. The van der Waals surface area contributed by atoms with E-state index in [2.05, 4.69) is 12.1 Å². The number of hydrogen-bond donors (Lipinski definition) is 0. The van der Waals surface area contributed by atoms with Gasteiger partial charge >= 0.3 is 0 Å². The van der Waals surface area contributed by atoms with E-state index < -0.39 is 0 Å². The maximum absolute atomic E-state index is 12.8. The van der Waals surface area contributed by atoms with E-state index in [0.29, 0.717) is 13.1 Å². The molecule has 5 heteroatoms. The Hall–Kier alpha value is -3.65. The highest BCUT2D eigenvalue weighted by molar-refractivity contribution is 6.02. The molecule has 2 aromatic carbocycles. The van der Waals surface area contributed by atoms with Crippen LogP contribution in [0.3, 0.4) is 0 Å². The topological polar surface area (TPSA) is 61.9 Å². The Labute approximate surface area is 170 Å². The van der Waals surface area contributed by atoms with Gasteiger partial charge in [0.25, 0.3) is 5.91 Å². The molecule has 1 amide bonds. The van der Waals surface area contributed by atoms with Gasteiger partial charge in [-0.25, -0.2) is 4.68 Å². The maximum Gasteiger partial charge on any atom is 0.264 e. The summed E-state index contributed by atoms with van der Waals surface area (Å²) >= 11 is 0. The average Bonchev–Trinajstić information content (AvgIpc) is 3.42. The van der Waals surface area contributed by atoms with Crippen LogP contribution in [0.1, 0.15) is 24.0 Å². The number of nitrogens with zero attached hydrogens (tertiary/aromatic N) is 4. The lowest BCUT2D eigenvalue weighted by atomic mass is 10.0. The predicted molar refractivity (Wildman–Crippen MR) is 113 cm³/mol. The Bertz CT molecular complexity index is 1100. The maximum atomic E-state index is 12.8. The average molecular weight is 382 g/mol. The van der Waals surface area contributed by atoms with Crippen molar-refractivity contribution in [3.63, 3.8) is 0 Å². The number of likely N-dealkylation sites (tertiary alicyclic amines) is 1. The van der Waals surface area contributed by atoms with Gasteiger partial charge in [0.15, 0.2) is 0 Å². The Kier molecular flexibility index (Phi) is 5.26. The molecule has 0 saturated carbocycles. The molecule has 2 heterocycles. The molecular weight excluding hydrogens is 360 g/mol. The van der Waals surface area contributed by atoms with Crippen LogP contribution in [0.5, 0.6) is 0 Å². The molecule has 1 saturated heterocycles. The molecule has 4 rings (SSSR count). The molecular formula is C24H22N4O. The van der Waals surface area contributed by atoms with Crippen LogP contribution in [0.2, 0.25) is 0 Å². The summed E-state index contributed by atoms with van der Waals surface area (Å²) in [6, 6.07) is 20.0. The van der Waals surface area contributed by atoms with Gasteiger partial charge in [-0.1, -0.05) is 42.0 Å². The number of nitriles is 1. The monoisotopic (exact) mass is 382 g/mol. The van der Waals surface area contributed by atoms with E-state index in [0.717, 1.165) is 40.9 Å². The van der Waals surface area contributed by atoms with Crippen LogP contribution in [0.4, 0.5) is 0 Å². The summed E-state index contributed by atoms with van der Waals surface area (Å²) in [4.78, 5) is 14.5. The molecule has 1 aliphatic rings. The summed E-state index contributed by atoms with van der Waals surface area (Å²) in [5, 5.41) is 14.4. The summed E-state index contributed by atoms with van der Waals surface area (Å²) in [6.45, 7) is 3.46. The van der Waals surface area contributed by atoms with Crippen LogP contribution in [0.25, 0.3) is 23.0 Å². The van der Waals surface area contributed by atoms with Crippen molar-refractivity contribution in [2.45, 2.75) is 19.8 Å². The first kappa shape index (κ1) is 18.7. The molecule has 0 N–H and O–H groups in total. The van der Waals surface area contributed by atoms with Crippen LogP contribution in [0, 0.1) is 18.3 Å². The Morgan fingerprint density at radius 2 is 1.86 bits per heavy atom. The smallest absolute Gasteiger partial charge is 0.264 e. The third-order valence-corrected chi connectivity index (χ3v) is 5.10. The normalized spacial score (nSPS) is 14.1. The summed E-state index contributed by atoms with van der Waals surface area (Å²) in [7, 11) is 0. The van der Waals surface area contributed by atoms with E-state index in [-0.39, 0.29) is 11.5 Å². The van der Waals surface area contributed by atoms with Crippen LogP contribution in [-0.4, -0.2) is 33.7 Å². The van der Waals surface area contributed by atoms with Crippen LogP contribution in [0.15, 0.2) is 66.4 Å². The number of para-hydroxylation sites is 1. The quantitative estimate of drug-likeness (QED) is 0.497. The number of aryl methyl sites for hydroxylation is 1. The molecule has 0 unspecified atom stereocenters. The molecule has 5 nitrogen and oxygen atoms in total. The van der Waals surface area contributed by atoms with Gasteiger partial charge in [0.2, 0.25) is 0 Å². The van der Waals surface area contributed by atoms with Crippen molar-refractivity contribution < 1.29 is 4.79 Å². The lowest BCUT2D eigenvalue weighted by Gasteiger charge is -2.14. The third-order valence-electron chi connectivity index (χ3n) is 5.10. The van der Waals surface area contributed by atoms with Crippen molar-refractivity contribution in [1.29, 1.82) is 5.26 Å². The second-order valence-electron chi connectivity index (χ2n) is 7.25. The van der Waals surface area contributed by atoms with Crippen molar-refractivity contribution in [2.24, 2.45) is 0 Å². The highest BCUT2D eigenvalue weighted by atomic mass is 16.2. The highest BCUT2D eigenvalue weighted by Gasteiger charge is 2.22. The van der Waals surface area contributed by atoms with Crippen molar-refractivity contribution in [1.82, 2.24) is 14.7 Å². The summed E-state index contributed by atoms with van der Waals surface area (Å²) in [5.74, 6) is -0.201. The zero-order valence-corrected chi connectivity index (χ0v) is 16.4. The summed E-state index contributed by atoms with van der Waals surface area (Å²) in [5.41, 5.74) is 4.65. The first-order chi connectivity index (χ1) is 14.2. The predicted octanol–water partition coefficient (Wildman–Crippen LogP) is 4.38. The Morgan fingerprint density at radius 1 is 1.10 bits per heavy atom. The van der Waals surface area contributed by atoms with Crippen LogP contribution < -0.4 is 0 Å². The van der Waals surface area contributed by atoms with Gasteiger partial charge in [-0.3, -0.25) is 4.79 Å². The fourth-order valence-electron chi connectivity index (χ4n) is 3.61. The fraction of sp³-hybridized carbons (Fsp3) is 0.208. The van der Waals surface area contributed by atoms with E-state index in [1.165, 1.54) is 0 Å². The van der Waals surface area contributed by atoms with Crippen molar-refractivity contribution >= 4 is 12.0 Å². The number of carbonyl (C=O) groups is 1. The van der Waals surface area contributed by atoms with E-state index in [1.807, 2.05) is 61.7 Å². The Balaban J connectivity index is 1.81. The molecule has 0 radical (unpaired) electrons. The molecule has 144 valence electrons. The van der Waals surface area contributed by atoms with E-state index in [9.17, 15) is 10.1 Å². The molecule has 1 aromatic heterocycles. The van der Waals surface area contributed by atoms with Gasteiger partial charge in [0, 0.05) is 30.4 Å². The number of benzene rings is 2. The second kappa shape index (κ2) is 8.15. The van der Waals surface area contributed by atoms with Crippen LogP contribution >= 0.6 is 0 Å². The number of amides is 1. The lowest BCUT2D eigenvalue weighted by molar-refractivity contribution is -0.125. The van der Waals surface area contributed by atoms with E-state index >= 15 is 0 Å². The standard InChI is InChI=1S/C24H22N4O/c1-18-8-7-9-19(14-18)23-21(17-28(26-23)22-10-3-2-4-11-22)15-20(16-25)24(29)27-12-5-6-13-27/h2-4,7-11,14-15,17H,5-6,12-13H2,1H3/b20-15+. The third kappa shape index (κ3) is 3.97. The summed E-state index contributed by atoms with van der Waals surface area (Å²) in [6.07, 6.45) is 5.53. The molecule has 1 aliphatic heterocycles. The zero-order valence-electron chi connectivity index (χ0n) is 16.4. The van der Waals surface area contributed by atoms with E-state index in [4.69, 9.17) is 5.10 Å². The van der Waals surface area contributed by atoms with Gasteiger partial charge in [0.1, 0.15) is 17.3 Å². The molecule has 0 atom stereocenters. The van der Waals surface area contributed by atoms with Gasteiger partial charge in [-0.2, -0.15) is 10.4 Å². The van der Waals surface area contributed by atoms with Gasteiger partial charge in [-0.05, 0) is 44.0 Å².